The van der Waals surface area contributed by atoms with E-state index in [-0.39, 0.29) is 0 Å². The lowest BCUT2D eigenvalue weighted by Crippen LogP contribution is -1.18. The van der Waals surface area contributed by atoms with Crippen LogP contribution in [0, 0.1) is 5.53 Å². The van der Waals surface area contributed by atoms with E-state index in [0.717, 1.165) is 0 Å². The summed E-state index contributed by atoms with van der Waals surface area (Å²) < 4.78 is 0. The van der Waals surface area contributed by atoms with Gasteiger partial charge in [-0.2, -0.15) is 0 Å². The van der Waals surface area contributed by atoms with Crippen molar-refractivity contribution in [3.05, 3.63) is 5.53 Å². The molecule has 0 atom stereocenters. The molecule has 0 aliphatic carbocycles. The molecule has 0 saturated heterocycles. The molecule has 22 valence electrons. The van der Waals surface area contributed by atoms with Gasteiger partial charge in [0.25, 0.3) is 0 Å². The highest BCUT2D eigenvalue weighted by Gasteiger charge is 1.09. The molecule has 0 radical (unpaired) electrons. The van der Waals surface area contributed by atoms with E-state index < -0.39 is 0 Å². The summed E-state index contributed by atoms with van der Waals surface area (Å²) in [6.45, 7) is 0. The molecule has 0 unspecified atom stereocenters. The van der Waals surface area contributed by atoms with E-state index in [2.05, 4.69) is 5.22 Å². The minimum absolute atomic E-state index is 2.03. The molecular weight excluding hydrogens is 56.0 g/mol. The second kappa shape index (κ2) is 2.20. The minimum atomic E-state index is 2.03. The first-order valence-electron chi connectivity index (χ1n) is 0.624. The van der Waals surface area contributed by atoms with Crippen molar-refractivity contribution in [1.29, 1.82) is 5.53 Å². The van der Waals surface area contributed by atoms with Gasteiger partial charge < -0.3 is 5.53 Å². The highest BCUT2D eigenvalue weighted by atomic mass is 15.4. The van der Waals surface area contributed by atoms with Crippen molar-refractivity contribution in [1.82, 2.24) is 0 Å². The van der Waals surface area contributed by atoms with Gasteiger partial charge in [-0.15, -0.1) is 0 Å². The highest BCUT2D eigenvalue weighted by Crippen LogP contribution is 1.55. The van der Waals surface area contributed by atoms with Gasteiger partial charge in [0.1, 0.15) is 0 Å². The Bertz CT molecular complexity index is 21.0. The maximum absolute atomic E-state index is 7.15. The average molecular weight is 57.0 g/mol. The normalized spacial score (nSPS) is 5.00. The van der Waals surface area contributed by atoms with Crippen LogP contribution in [0.2, 0.25) is 0 Å². The Morgan fingerprint density at radius 2 is 2.00 bits per heavy atom. The van der Waals surface area contributed by atoms with Crippen LogP contribution in [0.1, 0.15) is 0 Å². The van der Waals surface area contributed by atoms with Gasteiger partial charge in [-0.25, -0.2) is 0 Å². The Kier molecular flexibility index (Phi) is 1.76. The van der Waals surface area contributed by atoms with Crippen LogP contribution in [0.5, 0.6) is 0 Å². The van der Waals surface area contributed by atoms with E-state index in [1.165, 1.54) is 0 Å². The third kappa shape index (κ3) is 1.20. The van der Waals surface area contributed by atoms with Gasteiger partial charge in [0.2, 0.25) is 0 Å². The van der Waals surface area contributed by atoms with E-state index >= 15 is 0 Å². The Morgan fingerprint density at radius 3 is 2.00 bits per heavy atom. The Hall–Kier alpha value is -0.800. The predicted molar refractivity (Wildman–Crippen MR) is 10.9 cm³/mol. The second-order valence-electron chi connectivity index (χ2n) is 0.189. The number of nitrogens with zero attached hydrogens (tertiary/aromatic N) is 3. The summed E-state index contributed by atoms with van der Waals surface area (Å²) in [7, 11) is 0. The molecule has 4 nitrogen and oxygen atoms in total. The van der Waals surface area contributed by atoms with Crippen LogP contribution < -0.4 is 0 Å². The van der Waals surface area contributed by atoms with Crippen molar-refractivity contribution in [2.75, 3.05) is 0 Å². The lowest BCUT2D eigenvalue weighted by molar-refractivity contribution is 0.979. The van der Waals surface area contributed by atoms with Crippen LogP contribution in [-0.2, 0) is 0 Å². The quantitative estimate of drug-likeness (QED) is 0.344. The van der Waals surface area contributed by atoms with Gasteiger partial charge in [0, 0.05) is 0 Å². The zero-order valence-corrected chi connectivity index (χ0v) is 1.84. The predicted octanol–water partition coefficient (Wildman–Crippen LogP) is 0.954. The molecule has 4 heteroatoms. The molecule has 0 aliphatic heterocycles. The molecule has 1 N–H and O–H groups in total. The molecule has 0 fully saturated rings. The Balaban J connectivity index is 2.73. The summed E-state index contributed by atoms with van der Waals surface area (Å²) in [5.41, 5.74) is 12.8. The van der Waals surface area contributed by atoms with Crippen molar-refractivity contribution in [2.24, 2.45) is 10.4 Å². The summed E-state index contributed by atoms with van der Waals surface area (Å²) in [4.78, 5) is 0. The van der Waals surface area contributed by atoms with Gasteiger partial charge in [-0.05, 0) is 0 Å². The summed E-state index contributed by atoms with van der Waals surface area (Å²) in [6, 6.07) is 0. The molecule has 0 amide bonds. The molecule has 0 heterocycles. The van der Waals surface area contributed by atoms with Crippen LogP contribution in [0.3, 0.4) is 0 Å². The zero-order valence-electron chi connectivity index (χ0n) is 1.84. The summed E-state index contributed by atoms with van der Waals surface area (Å²) in [6.07, 6.45) is 0. The van der Waals surface area contributed by atoms with Crippen molar-refractivity contribution in [3.8, 4) is 0 Å². The third-order valence-corrected chi connectivity index (χ3v) is 0.0447. The molecule has 0 bridgehead atoms. The van der Waals surface area contributed by atoms with E-state index in [4.69, 9.17) is 11.1 Å². The topological polar surface area (TPSA) is 70.9 Å². The van der Waals surface area contributed by atoms with E-state index in [1.54, 1.807) is 0 Å². The molecule has 0 rings (SSSR count). The van der Waals surface area contributed by atoms with E-state index in [9.17, 15) is 0 Å². The van der Waals surface area contributed by atoms with Gasteiger partial charge in [-0.1, -0.05) is 0 Å². The lowest BCUT2D eigenvalue weighted by atomic mass is 12.6. The lowest BCUT2D eigenvalue weighted by Gasteiger charge is -1.64. The molecule has 0 aromatic rings. The molecular formula is HN4-. The van der Waals surface area contributed by atoms with E-state index in [1.807, 2.05) is 5.22 Å². The number of rotatable bonds is 1. The second-order valence-corrected chi connectivity index (χ2v) is 0.189. The largest absolute Gasteiger partial charge is 0.360 e. The fourth-order valence-corrected chi connectivity index (χ4v) is 0. The van der Waals surface area contributed by atoms with Gasteiger partial charge in [0.05, 0.1) is 0 Å². The SMILES string of the molecule is [N-]=NN=N. The van der Waals surface area contributed by atoms with E-state index in [0.29, 0.717) is 0 Å². The summed E-state index contributed by atoms with van der Waals surface area (Å²) in [5, 5.41) is 4.19. The number of hydrogen-bond acceptors (Lipinski definition) is 1. The van der Waals surface area contributed by atoms with Crippen LogP contribution in [-0.4, -0.2) is 0 Å². The Labute approximate surface area is 22.8 Å². The smallest absolute Gasteiger partial charge is 0.258 e. The molecule has 4 heavy (non-hydrogen) atoms. The third-order valence-electron chi connectivity index (χ3n) is 0.0447. The molecule has 0 aromatic carbocycles. The van der Waals surface area contributed by atoms with Gasteiger partial charge in [-0.3, -0.25) is 16.0 Å². The van der Waals surface area contributed by atoms with Crippen LogP contribution in [0.25, 0.3) is 5.53 Å². The van der Waals surface area contributed by atoms with Crippen molar-refractivity contribution < 1.29 is 0 Å². The first-order valence-corrected chi connectivity index (χ1v) is 0.624. The van der Waals surface area contributed by atoms with Crippen LogP contribution in [0.15, 0.2) is 10.4 Å². The van der Waals surface area contributed by atoms with Crippen molar-refractivity contribution in [2.45, 2.75) is 0 Å². The molecule has 0 aromatic heterocycles. The Morgan fingerprint density at radius 1 is 1.75 bits per heavy atom. The fourth-order valence-electron chi connectivity index (χ4n) is 0. The first-order chi connectivity index (χ1) is 1.91. The van der Waals surface area contributed by atoms with Crippen molar-refractivity contribution >= 4 is 0 Å². The highest BCUT2D eigenvalue weighted by molar-refractivity contribution is 3.98. The monoisotopic (exact) mass is 57.0 g/mol. The van der Waals surface area contributed by atoms with Crippen LogP contribution >= 0.6 is 0 Å². The van der Waals surface area contributed by atoms with Gasteiger partial charge >= 0.3 is 0 Å². The minimum Gasteiger partial charge on any atom is -0.360 e. The number of nitrogens with one attached hydrogen (secondary N) is 1. The maximum atomic E-state index is 7.15. The molecule has 0 aliphatic rings. The van der Waals surface area contributed by atoms with Gasteiger partial charge in [0.15, 0.2) is 0 Å². The van der Waals surface area contributed by atoms with Crippen molar-refractivity contribution in [3.63, 3.8) is 0 Å². The maximum Gasteiger partial charge on any atom is -0.258 e. The standard InChI is InChI=1S/HN4/c1-3-4-2/h1H/q-1. The fraction of sp³-hybridized carbons (Fsp3) is 0. The molecule has 0 saturated carbocycles. The number of hydrogen-bond donors (Lipinski definition) is 1. The average Bonchev–Trinajstić information content (AvgIpc) is 1.37. The molecule has 0 spiro atoms. The zero-order chi connectivity index (χ0) is 3.41. The summed E-state index contributed by atoms with van der Waals surface area (Å²) >= 11 is 0. The first kappa shape index (κ1) is 3.20. The summed E-state index contributed by atoms with van der Waals surface area (Å²) in [5.74, 6) is 0. The van der Waals surface area contributed by atoms with Crippen LogP contribution in [0.4, 0.5) is 0 Å².